The molecule has 0 atom stereocenters. The number of amides is 2. The van der Waals surface area contributed by atoms with Crippen LogP contribution in [-0.4, -0.2) is 11.8 Å². The molecule has 0 spiro atoms. The van der Waals surface area contributed by atoms with Crippen LogP contribution in [-0.2, 0) is 4.79 Å². The summed E-state index contributed by atoms with van der Waals surface area (Å²) >= 11 is 0. The summed E-state index contributed by atoms with van der Waals surface area (Å²) in [7, 11) is 0. The van der Waals surface area contributed by atoms with Crippen LogP contribution in [0.15, 0.2) is 48.5 Å². The van der Waals surface area contributed by atoms with Gasteiger partial charge in [-0.3, -0.25) is 9.59 Å². The highest BCUT2D eigenvalue weighted by molar-refractivity contribution is 6.04. The molecule has 0 bridgehead atoms. The normalized spacial score (nSPS) is 9.90. The summed E-state index contributed by atoms with van der Waals surface area (Å²) in [6.07, 6.45) is 0. The number of nitrogens with one attached hydrogen (secondary N) is 2. The van der Waals surface area contributed by atoms with Crippen molar-refractivity contribution in [1.82, 2.24) is 0 Å². The Bertz CT molecular complexity index is 621. The zero-order chi connectivity index (χ0) is 14.5. The molecule has 0 aliphatic rings. The van der Waals surface area contributed by atoms with Gasteiger partial charge in [-0.05, 0) is 48.5 Å². The molecule has 2 N–H and O–H groups in total. The fourth-order valence-corrected chi connectivity index (χ4v) is 1.64. The topological polar surface area (TPSA) is 58.2 Å². The van der Waals surface area contributed by atoms with E-state index in [-0.39, 0.29) is 17.6 Å². The lowest BCUT2D eigenvalue weighted by Gasteiger charge is -2.06. The van der Waals surface area contributed by atoms with Crippen molar-refractivity contribution in [2.24, 2.45) is 0 Å². The third kappa shape index (κ3) is 3.65. The minimum Gasteiger partial charge on any atom is -0.326 e. The molecule has 0 saturated heterocycles. The maximum Gasteiger partial charge on any atom is 0.255 e. The number of anilines is 2. The molecule has 102 valence electrons. The molecule has 0 aromatic heterocycles. The molecular weight excluding hydrogens is 259 g/mol. The van der Waals surface area contributed by atoms with Gasteiger partial charge in [0.25, 0.3) is 5.91 Å². The molecule has 2 rings (SSSR count). The van der Waals surface area contributed by atoms with E-state index in [1.807, 2.05) is 0 Å². The van der Waals surface area contributed by atoms with Crippen molar-refractivity contribution >= 4 is 23.2 Å². The molecule has 2 amide bonds. The Hall–Kier alpha value is -2.69. The van der Waals surface area contributed by atoms with E-state index >= 15 is 0 Å². The van der Waals surface area contributed by atoms with E-state index in [1.54, 1.807) is 24.3 Å². The Morgan fingerprint density at radius 3 is 1.90 bits per heavy atom. The second-order valence-corrected chi connectivity index (χ2v) is 4.22. The first-order valence-electron chi connectivity index (χ1n) is 5.99. The molecule has 0 saturated carbocycles. The van der Waals surface area contributed by atoms with Crippen LogP contribution >= 0.6 is 0 Å². The van der Waals surface area contributed by atoms with Gasteiger partial charge in [0.05, 0.1) is 0 Å². The van der Waals surface area contributed by atoms with Crippen molar-refractivity contribution in [2.45, 2.75) is 6.92 Å². The minimum atomic E-state index is -0.359. The van der Waals surface area contributed by atoms with E-state index in [0.717, 1.165) is 0 Å². The number of benzene rings is 2. The van der Waals surface area contributed by atoms with E-state index in [1.165, 1.54) is 31.2 Å². The minimum absolute atomic E-state index is 0.173. The van der Waals surface area contributed by atoms with Crippen LogP contribution in [0.1, 0.15) is 17.3 Å². The van der Waals surface area contributed by atoms with E-state index in [4.69, 9.17) is 0 Å². The van der Waals surface area contributed by atoms with Crippen molar-refractivity contribution in [3.63, 3.8) is 0 Å². The van der Waals surface area contributed by atoms with Gasteiger partial charge >= 0.3 is 0 Å². The fourth-order valence-electron chi connectivity index (χ4n) is 1.64. The number of hydrogen-bond acceptors (Lipinski definition) is 2. The molecular formula is C15H13FN2O2. The van der Waals surface area contributed by atoms with Crippen molar-refractivity contribution < 1.29 is 14.0 Å². The lowest BCUT2D eigenvalue weighted by atomic mass is 10.2. The zero-order valence-electron chi connectivity index (χ0n) is 10.8. The average Bonchev–Trinajstić information content (AvgIpc) is 2.41. The van der Waals surface area contributed by atoms with Gasteiger partial charge in [-0.25, -0.2) is 4.39 Å². The largest absolute Gasteiger partial charge is 0.326 e. The summed E-state index contributed by atoms with van der Waals surface area (Å²) in [5.74, 6) is -0.831. The molecule has 0 radical (unpaired) electrons. The van der Waals surface area contributed by atoms with Crippen molar-refractivity contribution in [1.29, 1.82) is 0 Å². The van der Waals surface area contributed by atoms with Gasteiger partial charge in [0, 0.05) is 23.9 Å². The summed E-state index contributed by atoms with van der Waals surface area (Å²) in [5.41, 5.74) is 1.58. The van der Waals surface area contributed by atoms with Crippen LogP contribution in [0.2, 0.25) is 0 Å². The summed E-state index contributed by atoms with van der Waals surface area (Å²) in [4.78, 5) is 22.8. The van der Waals surface area contributed by atoms with Crippen LogP contribution in [0.25, 0.3) is 0 Å². The second-order valence-electron chi connectivity index (χ2n) is 4.22. The number of carbonyl (C=O) groups is 2. The zero-order valence-corrected chi connectivity index (χ0v) is 10.8. The molecule has 5 heteroatoms. The van der Waals surface area contributed by atoms with Gasteiger partial charge in [0.2, 0.25) is 5.91 Å². The number of halogens is 1. The molecule has 2 aromatic carbocycles. The van der Waals surface area contributed by atoms with Crippen LogP contribution in [0.5, 0.6) is 0 Å². The highest BCUT2D eigenvalue weighted by Crippen LogP contribution is 2.13. The predicted octanol–water partition coefficient (Wildman–Crippen LogP) is 3.04. The first kappa shape index (κ1) is 13.7. The number of rotatable bonds is 3. The van der Waals surface area contributed by atoms with Crippen LogP contribution in [0.3, 0.4) is 0 Å². The Balaban J connectivity index is 2.05. The average molecular weight is 272 g/mol. The molecule has 0 aliphatic heterocycles. The van der Waals surface area contributed by atoms with Gasteiger partial charge in [0.1, 0.15) is 5.82 Å². The summed E-state index contributed by atoms with van der Waals surface area (Å²) < 4.78 is 12.7. The molecule has 20 heavy (non-hydrogen) atoms. The van der Waals surface area contributed by atoms with E-state index < -0.39 is 0 Å². The summed E-state index contributed by atoms with van der Waals surface area (Å²) in [6.45, 7) is 1.41. The standard InChI is InChI=1S/C15H13FN2O2/c1-10(19)17-13-6-2-11(3-7-13)15(20)18-14-8-4-12(16)5-9-14/h2-9H,1H3,(H,17,19)(H,18,20). The molecule has 2 aromatic rings. The van der Waals surface area contributed by atoms with Gasteiger partial charge in [-0.1, -0.05) is 0 Å². The maximum absolute atomic E-state index is 12.7. The van der Waals surface area contributed by atoms with Crippen molar-refractivity contribution in [3.05, 3.63) is 59.9 Å². The van der Waals surface area contributed by atoms with Crippen LogP contribution in [0, 0.1) is 5.82 Å². The molecule has 0 heterocycles. The van der Waals surface area contributed by atoms with Crippen LogP contribution in [0.4, 0.5) is 15.8 Å². The van der Waals surface area contributed by atoms with Crippen molar-refractivity contribution in [3.8, 4) is 0 Å². The lowest BCUT2D eigenvalue weighted by molar-refractivity contribution is -0.114. The third-order valence-corrected chi connectivity index (χ3v) is 2.57. The van der Waals surface area contributed by atoms with E-state index in [0.29, 0.717) is 16.9 Å². The van der Waals surface area contributed by atoms with E-state index in [9.17, 15) is 14.0 Å². The van der Waals surface area contributed by atoms with Gasteiger partial charge < -0.3 is 10.6 Å². The second kappa shape index (κ2) is 5.97. The SMILES string of the molecule is CC(=O)Nc1ccc(C(=O)Nc2ccc(F)cc2)cc1. The highest BCUT2D eigenvalue weighted by atomic mass is 19.1. The predicted molar refractivity (Wildman–Crippen MR) is 75.1 cm³/mol. The highest BCUT2D eigenvalue weighted by Gasteiger charge is 2.06. The van der Waals surface area contributed by atoms with Crippen LogP contribution < -0.4 is 10.6 Å². The quantitative estimate of drug-likeness (QED) is 0.902. The Morgan fingerprint density at radius 1 is 0.850 bits per heavy atom. The van der Waals surface area contributed by atoms with Gasteiger partial charge in [0.15, 0.2) is 0 Å². The van der Waals surface area contributed by atoms with Gasteiger partial charge in [-0.2, -0.15) is 0 Å². The Morgan fingerprint density at radius 2 is 1.35 bits per heavy atom. The molecule has 0 unspecified atom stereocenters. The fraction of sp³-hybridized carbons (Fsp3) is 0.0667. The molecule has 4 nitrogen and oxygen atoms in total. The first-order valence-corrected chi connectivity index (χ1v) is 5.99. The molecule has 0 fully saturated rings. The van der Waals surface area contributed by atoms with Crippen molar-refractivity contribution in [2.75, 3.05) is 10.6 Å². The maximum atomic E-state index is 12.7. The summed E-state index contributed by atoms with van der Waals surface area (Å²) in [6, 6.07) is 12.0. The lowest BCUT2D eigenvalue weighted by Crippen LogP contribution is -2.12. The molecule has 0 aliphatic carbocycles. The number of hydrogen-bond donors (Lipinski definition) is 2. The third-order valence-electron chi connectivity index (χ3n) is 2.57. The first-order chi connectivity index (χ1) is 9.54. The summed E-state index contributed by atoms with van der Waals surface area (Å²) in [5, 5.41) is 5.27. The Kier molecular flexibility index (Phi) is 4.10. The number of carbonyl (C=O) groups excluding carboxylic acids is 2. The van der Waals surface area contributed by atoms with Gasteiger partial charge in [-0.15, -0.1) is 0 Å². The Labute approximate surface area is 115 Å². The van der Waals surface area contributed by atoms with E-state index in [2.05, 4.69) is 10.6 Å². The smallest absolute Gasteiger partial charge is 0.255 e. The monoisotopic (exact) mass is 272 g/mol.